The van der Waals surface area contributed by atoms with Crippen molar-refractivity contribution in [1.82, 2.24) is 10.3 Å². The highest BCUT2D eigenvalue weighted by molar-refractivity contribution is 7.99. The Morgan fingerprint density at radius 3 is 2.90 bits per heavy atom. The van der Waals surface area contributed by atoms with Crippen LogP contribution in [0.15, 0.2) is 33.9 Å². The molecule has 0 radical (unpaired) electrons. The number of nitrogens with zero attached hydrogens (tertiary/aromatic N) is 1. The lowest BCUT2D eigenvalue weighted by Crippen LogP contribution is -2.53. The standard InChI is InChI=1S/C16H22N2O2S/c1-2-9-17-16(10-19,12-7-8-12)11-21-15-18-13-5-3-4-6-14(13)20-15/h3-6,12,17,19H,2,7-11H2,1H3. The summed E-state index contributed by atoms with van der Waals surface area (Å²) in [5.41, 5.74) is 1.52. The van der Waals surface area contributed by atoms with E-state index in [2.05, 4.69) is 17.2 Å². The van der Waals surface area contributed by atoms with Crippen LogP contribution in [0.4, 0.5) is 0 Å². The van der Waals surface area contributed by atoms with Crippen LogP contribution in [0.25, 0.3) is 11.1 Å². The highest BCUT2D eigenvalue weighted by Gasteiger charge is 2.44. The lowest BCUT2D eigenvalue weighted by molar-refractivity contribution is 0.159. The Bertz CT molecular complexity index is 564. The Morgan fingerprint density at radius 2 is 2.24 bits per heavy atom. The van der Waals surface area contributed by atoms with E-state index in [1.165, 1.54) is 12.8 Å². The van der Waals surface area contributed by atoms with E-state index in [9.17, 15) is 5.11 Å². The van der Waals surface area contributed by atoms with Crippen molar-refractivity contribution in [3.05, 3.63) is 24.3 Å². The van der Waals surface area contributed by atoms with E-state index in [0.717, 1.165) is 29.8 Å². The van der Waals surface area contributed by atoms with Crippen LogP contribution < -0.4 is 5.32 Å². The molecule has 1 aromatic carbocycles. The van der Waals surface area contributed by atoms with Gasteiger partial charge in [0, 0.05) is 5.75 Å². The fourth-order valence-corrected chi connectivity index (χ4v) is 3.78. The fraction of sp³-hybridized carbons (Fsp3) is 0.562. The Kier molecular flexibility index (Phi) is 4.52. The molecule has 4 nitrogen and oxygen atoms in total. The van der Waals surface area contributed by atoms with Crippen molar-refractivity contribution in [1.29, 1.82) is 0 Å². The number of aromatic nitrogens is 1. The maximum Gasteiger partial charge on any atom is 0.256 e. The molecule has 1 aliphatic rings. The van der Waals surface area contributed by atoms with Crippen molar-refractivity contribution in [2.45, 2.75) is 36.9 Å². The van der Waals surface area contributed by atoms with Gasteiger partial charge in [0.15, 0.2) is 5.58 Å². The van der Waals surface area contributed by atoms with Crippen molar-refractivity contribution in [3.63, 3.8) is 0 Å². The molecule has 1 unspecified atom stereocenters. The number of hydrogen-bond acceptors (Lipinski definition) is 5. The van der Waals surface area contributed by atoms with E-state index in [1.54, 1.807) is 11.8 Å². The van der Waals surface area contributed by atoms with Gasteiger partial charge >= 0.3 is 0 Å². The summed E-state index contributed by atoms with van der Waals surface area (Å²) in [5.74, 6) is 1.37. The topological polar surface area (TPSA) is 58.3 Å². The van der Waals surface area contributed by atoms with Gasteiger partial charge in [0.2, 0.25) is 0 Å². The summed E-state index contributed by atoms with van der Waals surface area (Å²) in [5, 5.41) is 14.2. The minimum atomic E-state index is -0.193. The summed E-state index contributed by atoms with van der Waals surface area (Å²) in [4.78, 5) is 4.50. The Labute approximate surface area is 129 Å². The number of para-hydroxylation sites is 2. The summed E-state index contributed by atoms with van der Waals surface area (Å²) in [7, 11) is 0. The van der Waals surface area contributed by atoms with Crippen molar-refractivity contribution in [2.75, 3.05) is 18.9 Å². The largest absolute Gasteiger partial charge is 0.431 e. The normalized spacial score (nSPS) is 18.0. The van der Waals surface area contributed by atoms with Crippen LogP contribution in [0.2, 0.25) is 0 Å². The van der Waals surface area contributed by atoms with Crippen LogP contribution in [-0.2, 0) is 0 Å². The number of hydrogen-bond donors (Lipinski definition) is 2. The number of aliphatic hydroxyl groups excluding tert-OH is 1. The molecule has 1 saturated carbocycles. The highest BCUT2D eigenvalue weighted by Crippen LogP contribution is 2.42. The lowest BCUT2D eigenvalue weighted by atomic mass is 9.96. The third kappa shape index (κ3) is 3.25. The molecule has 21 heavy (non-hydrogen) atoms. The molecular formula is C16H22N2O2S. The molecule has 1 aliphatic carbocycles. The van der Waals surface area contributed by atoms with Crippen LogP contribution in [0, 0.1) is 5.92 Å². The highest BCUT2D eigenvalue weighted by atomic mass is 32.2. The lowest BCUT2D eigenvalue weighted by Gasteiger charge is -2.32. The van der Waals surface area contributed by atoms with Gasteiger partial charge in [-0.25, -0.2) is 4.98 Å². The number of aliphatic hydroxyl groups is 1. The summed E-state index contributed by atoms with van der Waals surface area (Å²) in [6, 6.07) is 7.80. The van der Waals surface area contributed by atoms with Gasteiger partial charge in [-0.2, -0.15) is 0 Å². The average molecular weight is 306 g/mol. The minimum absolute atomic E-state index is 0.172. The zero-order valence-corrected chi connectivity index (χ0v) is 13.2. The molecule has 1 heterocycles. The summed E-state index contributed by atoms with van der Waals surface area (Å²) < 4.78 is 5.75. The monoisotopic (exact) mass is 306 g/mol. The van der Waals surface area contributed by atoms with Gasteiger partial charge in [0.05, 0.1) is 12.1 Å². The van der Waals surface area contributed by atoms with Gasteiger partial charge in [0.25, 0.3) is 5.22 Å². The number of thioether (sulfide) groups is 1. The molecule has 5 heteroatoms. The first-order valence-corrected chi connectivity index (χ1v) is 8.60. The van der Waals surface area contributed by atoms with Gasteiger partial charge in [-0.1, -0.05) is 30.8 Å². The van der Waals surface area contributed by atoms with Crippen LogP contribution in [0.5, 0.6) is 0 Å². The van der Waals surface area contributed by atoms with Crippen LogP contribution >= 0.6 is 11.8 Å². The Balaban J connectivity index is 1.70. The predicted molar refractivity (Wildman–Crippen MR) is 85.6 cm³/mol. The predicted octanol–water partition coefficient (Wildman–Crippen LogP) is 3.06. The van der Waals surface area contributed by atoms with Crippen LogP contribution in [0.3, 0.4) is 0 Å². The molecule has 0 spiro atoms. The van der Waals surface area contributed by atoms with E-state index in [-0.39, 0.29) is 12.1 Å². The van der Waals surface area contributed by atoms with E-state index < -0.39 is 0 Å². The van der Waals surface area contributed by atoms with E-state index in [1.807, 2.05) is 24.3 Å². The molecule has 3 rings (SSSR count). The maximum absolute atomic E-state index is 9.90. The molecule has 0 amide bonds. The first-order chi connectivity index (χ1) is 10.3. The first-order valence-electron chi connectivity index (χ1n) is 7.61. The SMILES string of the molecule is CCCNC(CO)(CSc1nc2ccccc2o1)C1CC1. The van der Waals surface area contributed by atoms with Crippen molar-refractivity contribution in [2.24, 2.45) is 5.92 Å². The number of rotatable bonds is 8. The Hall–Kier alpha value is -1.04. The second kappa shape index (κ2) is 6.38. The second-order valence-corrected chi connectivity index (χ2v) is 6.68. The van der Waals surface area contributed by atoms with E-state index >= 15 is 0 Å². The van der Waals surface area contributed by atoms with Crippen LogP contribution in [-0.4, -0.2) is 34.5 Å². The molecular weight excluding hydrogens is 284 g/mol. The molecule has 0 aliphatic heterocycles. The fourth-order valence-electron chi connectivity index (χ4n) is 2.66. The molecule has 2 N–H and O–H groups in total. The van der Waals surface area contributed by atoms with Gasteiger partial charge in [-0.15, -0.1) is 0 Å². The number of oxazole rings is 1. The first kappa shape index (κ1) is 14.9. The van der Waals surface area contributed by atoms with E-state index in [4.69, 9.17) is 4.42 Å². The quantitative estimate of drug-likeness (QED) is 0.734. The summed E-state index contributed by atoms with van der Waals surface area (Å²) in [6.07, 6.45) is 3.47. The Morgan fingerprint density at radius 1 is 1.43 bits per heavy atom. The molecule has 2 aromatic rings. The third-order valence-corrected chi connectivity index (χ3v) is 5.18. The molecule has 1 atom stereocenters. The number of benzene rings is 1. The molecule has 1 fully saturated rings. The minimum Gasteiger partial charge on any atom is -0.431 e. The van der Waals surface area contributed by atoms with Gasteiger partial charge < -0.3 is 14.8 Å². The van der Waals surface area contributed by atoms with Crippen molar-refractivity contribution in [3.8, 4) is 0 Å². The van der Waals surface area contributed by atoms with Crippen molar-refractivity contribution >= 4 is 22.9 Å². The third-order valence-electron chi connectivity index (χ3n) is 4.10. The molecule has 114 valence electrons. The van der Waals surface area contributed by atoms with Crippen LogP contribution in [0.1, 0.15) is 26.2 Å². The smallest absolute Gasteiger partial charge is 0.256 e. The summed E-state index contributed by atoms with van der Waals surface area (Å²) >= 11 is 1.60. The van der Waals surface area contributed by atoms with Gasteiger partial charge in [0.1, 0.15) is 5.52 Å². The summed E-state index contributed by atoms with van der Waals surface area (Å²) in [6.45, 7) is 3.26. The van der Waals surface area contributed by atoms with Crippen molar-refractivity contribution < 1.29 is 9.52 Å². The zero-order valence-electron chi connectivity index (χ0n) is 12.3. The maximum atomic E-state index is 9.90. The molecule has 1 aromatic heterocycles. The zero-order chi connectivity index (χ0) is 14.7. The average Bonchev–Trinajstić information content (AvgIpc) is 3.28. The molecule has 0 saturated heterocycles. The van der Waals surface area contributed by atoms with Gasteiger partial charge in [-0.3, -0.25) is 0 Å². The number of fused-ring (bicyclic) bond motifs is 1. The van der Waals surface area contributed by atoms with Gasteiger partial charge in [-0.05, 0) is 43.9 Å². The van der Waals surface area contributed by atoms with E-state index in [0.29, 0.717) is 11.1 Å². The second-order valence-electron chi connectivity index (χ2n) is 5.75. The number of nitrogens with one attached hydrogen (secondary N) is 1. The molecule has 0 bridgehead atoms.